The maximum absolute atomic E-state index is 13.6. The maximum atomic E-state index is 13.6. The number of carbonyl (C=O) groups is 1. The molecule has 3 N–H and O–H groups in total. The topological polar surface area (TPSA) is 99.3 Å². The number of fused-ring (bicyclic) bond motifs is 1. The predicted octanol–water partition coefficient (Wildman–Crippen LogP) is 4.00. The molecule has 1 heterocycles. The zero-order valence-corrected chi connectivity index (χ0v) is 15.6. The van der Waals surface area contributed by atoms with Crippen molar-refractivity contribution in [2.45, 2.75) is 25.2 Å². The minimum absolute atomic E-state index is 0.00269. The van der Waals surface area contributed by atoms with Crippen molar-refractivity contribution in [2.75, 3.05) is 4.72 Å². The number of aromatic nitrogens is 1. The molecule has 0 atom stereocenters. The Morgan fingerprint density at radius 2 is 1.85 bits per heavy atom. The molecule has 2 aromatic carbocycles. The van der Waals surface area contributed by atoms with Crippen molar-refractivity contribution < 1.29 is 22.7 Å². The SMILES string of the molecule is CC(C)Cc1ccc(S(=O)(=O)Nc2c(C(=O)O)[nH]c3ccc(F)cc23)cc1. The molecule has 3 aromatic rings. The molecule has 0 aliphatic rings. The van der Waals surface area contributed by atoms with Crippen LogP contribution in [0.1, 0.15) is 29.9 Å². The second-order valence-electron chi connectivity index (χ2n) is 6.72. The highest BCUT2D eigenvalue weighted by Gasteiger charge is 2.23. The van der Waals surface area contributed by atoms with Crippen LogP contribution in [0.5, 0.6) is 0 Å². The van der Waals surface area contributed by atoms with Gasteiger partial charge in [-0.2, -0.15) is 0 Å². The van der Waals surface area contributed by atoms with Crippen molar-refractivity contribution in [3.05, 3.63) is 59.5 Å². The highest BCUT2D eigenvalue weighted by atomic mass is 32.2. The third kappa shape index (κ3) is 3.95. The molecule has 6 nitrogen and oxygen atoms in total. The summed E-state index contributed by atoms with van der Waals surface area (Å²) in [6.07, 6.45) is 0.818. The molecule has 0 saturated heterocycles. The molecule has 0 bridgehead atoms. The molecule has 0 radical (unpaired) electrons. The summed E-state index contributed by atoms with van der Waals surface area (Å²) in [6, 6.07) is 9.99. The van der Waals surface area contributed by atoms with Crippen molar-refractivity contribution in [1.82, 2.24) is 4.98 Å². The Kier molecular flexibility index (Phi) is 4.93. The summed E-state index contributed by atoms with van der Waals surface area (Å²) in [4.78, 5) is 14.1. The quantitative estimate of drug-likeness (QED) is 0.592. The van der Waals surface area contributed by atoms with E-state index in [1.807, 2.05) is 0 Å². The zero-order valence-electron chi connectivity index (χ0n) is 14.8. The van der Waals surface area contributed by atoms with Crippen LogP contribution in [-0.4, -0.2) is 24.5 Å². The minimum Gasteiger partial charge on any atom is -0.477 e. The van der Waals surface area contributed by atoms with E-state index in [4.69, 9.17) is 0 Å². The van der Waals surface area contributed by atoms with Gasteiger partial charge in [0.2, 0.25) is 0 Å². The first-order chi connectivity index (χ1) is 12.7. The lowest BCUT2D eigenvalue weighted by Crippen LogP contribution is -2.15. The molecule has 0 spiro atoms. The largest absolute Gasteiger partial charge is 0.477 e. The van der Waals surface area contributed by atoms with Crippen molar-refractivity contribution in [1.29, 1.82) is 0 Å². The fourth-order valence-corrected chi connectivity index (χ4v) is 3.99. The van der Waals surface area contributed by atoms with E-state index in [0.717, 1.165) is 24.1 Å². The van der Waals surface area contributed by atoms with Crippen molar-refractivity contribution in [3.8, 4) is 0 Å². The van der Waals surface area contributed by atoms with Gasteiger partial charge in [0.15, 0.2) is 0 Å². The van der Waals surface area contributed by atoms with Crippen molar-refractivity contribution in [2.24, 2.45) is 5.92 Å². The van der Waals surface area contributed by atoms with Gasteiger partial charge < -0.3 is 10.1 Å². The number of anilines is 1. The highest BCUT2D eigenvalue weighted by Crippen LogP contribution is 2.30. The third-order valence-electron chi connectivity index (χ3n) is 4.09. The number of aromatic amines is 1. The lowest BCUT2D eigenvalue weighted by molar-refractivity contribution is 0.0692. The minimum atomic E-state index is -4.04. The predicted molar refractivity (Wildman–Crippen MR) is 101 cm³/mol. The molecule has 0 saturated carbocycles. The van der Waals surface area contributed by atoms with E-state index >= 15 is 0 Å². The summed E-state index contributed by atoms with van der Waals surface area (Å²) < 4.78 is 41.3. The van der Waals surface area contributed by atoms with Gasteiger partial charge in [0, 0.05) is 10.9 Å². The normalized spacial score (nSPS) is 11.9. The monoisotopic (exact) mass is 390 g/mol. The van der Waals surface area contributed by atoms with Gasteiger partial charge >= 0.3 is 5.97 Å². The highest BCUT2D eigenvalue weighted by molar-refractivity contribution is 7.92. The summed E-state index contributed by atoms with van der Waals surface area (Å²) in [5.74, 6) is -1.52. The average Bonchev–Trinajstić information content (AvgIpc) is 2.92. The number of nitrogens with one attached hydrogen (secondary N) is 2. The second kappa shape index (κ2) is 7.03. The number of H-pyrrole nitrogens is 1. The van der Waals surface area contributed by atoms with Crippen LogP contribution < -0.4 is 4.72 Å². The number of sulfonamides is 1. The van der Waals surface area contributed by atoms with Crippen LogP contribution in [-0.2, 0) is 16.4 Å². The van der Waals surface area contributed by atoms with Gasteiger partial charge in [-0.15, -0.1) is 0 Å². The maximum Gasteiger partial charge on any atom is 0.354 e. The lowest BCUT2D eigenvalue weighted by Gasteiger charge is -2.10. The van der Waals surface area contributed by atoms with E-state index in [1.165, 1.54) is 18.2 Å². The summed E-state index contributed by atoms with van der Waals surface area (Å²) in [7, 11) is -4.04. The van der Waals surface area contributed by atoms with Gasteiger partial charge in [0.25, 0.3) is 10.0 Å². The third-order valence-corrected chi connectivity index (χ3v) is 5.45. The van der Waals surface area contributed by atoms with Crippen LogP contribution >= 0.6 is 0 Å². The van der Waals surface area contributed by atoms with E-state index in [2.05, 4.69) is 23.6 Å². The number of carboxylic acid groups (broad SMARTS) is 1. The molecule has 0 fully saturated rings. The molecule has 0 aliphatic heterocycles. The smallest absolute Gasteiger partial charge is 0.354 e. The standard InChI is InChI=1S/C19H19FN2O4S/c1-11(2)9-12-3-6-14(7-4-12)27(25,26)22-17-15-10-13(20)5-8-16(15)21-18(17)19(23)24/h3-8,10-11,21-22H,9H2,1-2H3,(H,23,24). The number of halogens is 1. The molecular formula is C19H19FN2O4S. The number of benzene rings is 2. The number of hydrogen-bond acceptors (Lipinski definition) is 3. The van der Waals surface area contributed by atoms with E-state index in [0.29, 0.717) is 11.4 Å². The Morgan fingerprint density at radius 1 is 1.19 bits per heavy atom. The first-order valence-corrected chi connectivity index (χ1v) is 9.82. The fourth-order valence-electron chi connectivity index (χ4n) is 2.90. The lowest BCUT2D eigenvalue weighted by atomic mass is 10.0. The van der Waals surface area contributed by atoms with Gasteiger partial charge in [0.1, 0.15) is 11.5 Å². The molecule has 8 heteroatoms. The Bertz CT molecular complexity index is 1100. The van der Waals surface area contributed by atoms with Crippen LogP contribution in [0.2, 0.25) is 0 Å². The molecule has 142 valence electrons. The van der Waals surface area contributed by atoms with Crippen molar-refractivity contribution in [3.63, 3.8) is 0 Å². The van der Waals surface area contributed by atoms with E-state index in [-0.39, 0.29) is 21.7 Å². The molecule has 0 amide bonds. The summed E-state index contributed by atoms with van der Waals surface area (Å²) >= 11 is 0. The first-order valence-electron chi connectivity index (χ1n) is 8.33. The average molecular weight is 390 g/mol. The number of hydrogen-bond donors (Lipinski definition) is 3. The van der Waals surface area contributed by atoms with Crippen molar-refractivity contribution >= 4 is 32.6 Å². The Morgan fingerprint density at radius 3 is 2.44 bits per heavy atom. The number of aromatic carboxylic acids is 1. The molecule has 27 heavy (non-hydrogen) atoms. The van der Waals surface area contributed by atoms with E-state index < -0.39 is 21.8 Å². The van der Waals surface area contributed by atoms with Crippen LogP contribution in [0.3, 0.4) is 0 Å². The number of rotatable bonds is 6. The molecule has 3 rings (SSSR count). The molecule has 0 aliphatic carbocycles. The summed E-state index contributed by atoms with van der Waals surface area (Å²) in [5, 5.41) is 9.51. The summed E-state index contributed by atoms with van der Waals surface area (Å²) in [6.45, 7) is 4.13. The van der Waals surface area contributed by atoms with E-state index in [9.17, 15) is 22.7 Å². The number of carboxylic acids is 1. The fraction of sp³-hybridized carbons (Fsp3) is 0.211. The Hall–Kier alpha value is -2.87. The van der Waals surface area contributed by atoms with Crippen LogP contribution in [0.25, 0.3) is 10.9 Å². The van der Waals surface area contributed by atoms with Crippen LogP contribution in [0, 0.1) is 11.7 Å². The van der Waals surface area contributed by atoms with Crippen LogP contribution in [0.4, 0.5) is 10.1 Å². The summed E-state index contributed by atoms with van der Waals surface area (Å²) in [5.41, 5.74) is 0.780. The van der Waals surface area contributed by atoms with Gasteiger partial charge in [-0.25, -0.2) is 17.6 Å². The van der Waals surface area contributed by atoms with Gasteiger partial charge in [-0.1, -0.05) is 26.0 Å². The Labute approximate surface area is 156 Å². The first kappa shape index (κ1) is 18.9. The Balaban J connectivity index is 2.01. The van der Waals surface area contributed by atoms with E-state index in [1.54, 1.807) is 12.1 Å². The second-order valence-corrected chi connectivity index (χ2v) is 8.40. The molecule has 0 unspecified atom stereocenters. The molecule has 1 aromatic heterocycles. The van der Waals surface area contributed by atoms with Gasteiger partial charge in [-0.3, -0.25) is 4.72 Å². The molecular weight excluding hydrogens is 371 g/mol. The van der Waals surface area contributed by atoms with Gasteiger partial charge in [-0.05, 0) is 48.2 Å². The van der Waals surface area contributed by atoms with Crippen LogP contribution in [0.15, 0.2) is 47.4 Å². The van der Waals surface area contributed by atoms with Gasteiger partial charge in [0.05, 0.1) is 10.6 Å². The zero-order chi connectivity index (χ0) is 19.8.